The van der Waals surface area contributed by atoms with Crippen LogP contribution in [0.2, 0.25) is 0 Å². The average Bonchev–Trinajstić information content (AvgIpc) is 2.87. The Bertz CT molecular complexity index is 1910. The topological polar surface area (TPSA) is 242 Å². The Morgan fingerprint density at radius 1 is 0.587 bits per heavy atom. The monoisotopic (exact) mass is 756 g/mol. The van der Waals surface area contributed by atoms with Crippen LogP contribution in [-0.4, -0.2) is 61.6 Å². The minimum atomic E-state index is -5.78. The number of para-hydroxylation sites is 2. The van der Waals surface area contributed by atoms with Crippen LogP contribution in [0.5, 0.6) is 0 Å². The van der Waals surface area contributed by atoms with Gasteiger partial charge in [0.05, 0.1) is 11.4 Å². The predicted molar refractivity (Wildman–Crippen MR) is 156 cm³/mol. The summed E-state index contributed by atoms with van der Waals surface area (Å²) in [6.07, 6.45) is 0.834. The Morgan fingerprint density at radius 3 is 1.33 bits per heavy atom. The van der Waals surface area contributed by atoms with Crippen molar-refractivity contribution in [2.45, 2.75) is 31.9 Å². The summed E-state index contributed by atoms with van der Waals surface area (Å²) in [5, 5.41) is 5.21. The Labute approximate surface area is 361 Å². The fraction of sp³-hybridized carbons (Fsp3) is 0.167. The van der Waals surface area contributed by atoms with Gasteiger partial charge in [-0.1, -0.05) is 60.7 Å². The van der Waals surface area contributed by atoms with Gasteiger partial charge in [0.15, 0.2) is 0 Å². The van der Waals surface area contributed by atoms with E-state index in [-0.39, 0.29) is 129 Å². The largest absolute Gasteiger partial charge is 1.00 e. The summed E-state index contributed by atoms with van der Waals surface area (Å²) < 4.78 is 138. The molecule has 0 spiro atoms. The van der Waals surface area contributed by atoms with Crippen LogP contribution in [0, 0.1) is 0 Å². The second-order valence-corrected chi connectivity index (χ2v) is 15.7. The summed E-state index contributed by atoms with van der Waals surface area (Å²) in [6.45, 7) is 0. The van der Waals surface area contributed by atoms with Crippen LogP contribution in [0.15, 0.2) is 101 Å². The quantitative estimate of drug-likeness (QED) is 0.0515. The molecule has 4 rings (SSSR count). The van der Waals surface area contributed by atoms with Crippen LogP contribution < -0.4 is 129 Å². The van der Waals surface area contributed by atoms with E-state index in [0.29, 0.717) is 0 Å². The van der Waals surface area contributed by atoms with Gasteiger partial charge in [0.1, 0.15) is 15.5 Å². The molecule has 0 radical (unpaired) electrons. The van der Waals surface area contributed by atoms with Gasteiger partial charge < -0.3 is 16.3 Å². The van der Waals surface area contributed by atoms with Gasteiger partial charge >= 0.3 is 118 Å². The normalized spacial score (nSPS) is 17.1. The van der Waals surface area contributed by atoms with Crippen molar-refractivity contribution in [3.63, 3.8) is 0 Å². The van der Waals surface area contributed by atoms with E-state index >= 15 is 0 Å². The van der Waals surface area contributed by atoms with Gasteiger partial charge in [-0.05, 0) is 35.9 Å². The first-order valence-electron chi connectivity index (χ1n) is 11.7. The third kappa shape index (κ3) is 9.91. The molecular formula is C24H28N2Na4O12S4. The van der Waals surface area contributed by atoms with Gasteiger partial charge in [-0.25, -0.2) is 0 Å². The molecule has 46 heavy (non-hydrogen) atoms. The summed E-state index contributed by atoms with van der Waals surface area (Å²) >= 11 is 0. The maximum atomic E-state index is 13.0. The molecule has 3 aromatic carbocycles. The van der Waals surface area contributed by atoms with Crippen molar-refractivity contribution < 1.29 is 176 Å². The average molecular weight is 757 g/mol. The molecule has 22 heteroatoms. The van der Waals surface area contributed by atoms with Gasteiger partial charge in [0, 0.05) is 12.3 Å². The molecule has 3 aromatic rings. The number of rotatable bonds is 9. The van der Waals surface area contributed by atoms with E-state index in [9.17, 15) is 51.9 Å². The Kier molecular flexibility index (Phi) is 17.5. The van der Waals surface area contributed by atoms with E-state index in [1.54, 1.807) is 6.07 Å². The number of hydrogen-bond acceptors (Lipinski definition) is 10. The van der Waals surface area contributed by atoms with Crippen molar-refractivity contribution in [3.05, 3.63) is 96.6 Å². The first-order valence-corrected chi connectivity index (χ1v) is 17.4. The second kappa shape index (κ2) is 17.2. The molecule has 14 nitrogen and oxygen atoms in total. The van der Waals surface area contributed by atoms with Gasteiger partial charge in [0.25, 0.3) is 40.5 Å². The molecule has 234 valence electrons. The van der Waals surface area contributed by atoms with E-state index in [4.69, 9.17) is 0 Å². The summed E-state index contributed by atoms with van der Waals surface area (Å²) in [5.74, 6) is -1.74. The van der Waals surface area contributed by atoms with Crippen LogP contribution in [0.4, 0.5) is 11.4 Å². The molecule has 0 bridgehead atoms. The van der Waals surface area contributed by atoms with Crippen molar-refractivity contribution in [3.8, 4) is 0 Å². The van der Waals surface area contributed by atoms with E-state index in [0.717, 1.165) is 36.4 Å². The maximum Gasteiger partial charge on any atom is 1.00 e. The first-order chi connectivity index (χ1) is 19.3. The summed E-state index contributed by atoms with van der Waals surface area (Å²) in [5.41, 5.74) is -3.15. The summed E-state index contributed by atoms with van der Waals surface area (Å²) in [4.78, 5) is -1.48. The molecule has 0 aliphatic heterocycles. The molecule has 0 aromatic heterocycles. The SMILES string of the molecule is O=S(=O)(O)c1ccccc1NC1(Nc2ccccc2S(=O)(=O)O)C=CC(c2ccccc2)C(S(=O)(=O)O)(S(=O)(=O)O)C1.[H-].[H-].[H-].[H-].[Na+].[Na+].[Na+].[Na+]. The zero-order valence-corrected chi connectivity index (χ0v) is 36.4. The third-order valence-electron chi connectivity index (χ3n) is 6.65. The maximum absolute atomic E-state index is 13.0. The van der Waals surface area contributed by atoms with Crippen LogP contribution in [0.3, 0.4) is 0 Å². The summed E-state index contributed by atoms with van der Waals surface area (Å²) in [6, 6.07) is 16.4. The molecule has 1 aliphatic rings. The molecule has 0 saturated carbocycles. The van der Waals surface area contributed by atoms with Gasteiger partial charge in [-0.2, -0.15) is 33.7 Å². The molecule has 0 amide bonds. The van der Waals surface area contributed by atoms with Crippen LogP contribution >= 0.6 is 0 Å². The van der Waals surface area contributed by atoms with Crippen LogP contribution in [0.25, 0.3) is 0 Å². The molecule has 1 atom stereocenters. The van der Waals surface area contributed by atoms with Crippen LogP contribution in [-0.2, 0) is 40.5 Å². The number of hydrogen-bond donors (Lipinski definition) is 6. The van der Waals surface area contributed by atoms with Gasteiger partial charge in [0.2, 0.25) is 4.08 Å². The minimum absolute atomic E-state index is 0. The van der Waals surface area contributed by atoms with E-state index < -0.39 is 83.7 Å². The fourth-order valence-electron chi connectivity index (χ4n) is 4.90. The molecule has 0 fully saturated rings. The Morgan fingerprint density at radius 2 is 0.957 bits per heavy atom. The first kappa shape index (κ1) is 46.6. The molecule has 0 saturated heterocycles. The number of benzene rings is 3. The molecular weight excluding hydrogens is 728 g/mol. The van der Waals surface area contributed by atoms with Gasteiger partial charge in [-0.15, -0.1) is 0 Å². The van der Waals surface area contributed by atoms with Crippen molar-refractivity contribution in [2.75, 3.05) is 10.6 Å². The van der Waals surface area contributed by atoms with Crippen molar-refractivity contribution in [1.29, 1.82) is 0 Å². The molecule has 1 unspecified atom stereocenters. The second-order valence-electron chi connectivity index (χ2n) is 9.35. The van der Waals surface area contributed by atoms with Crippen molar-refractivity contribution in [1.82, 2.24) is 0 Å². The number of allylic oxidation sites excluding steroid dienone is 1. The molecule has 0 heterocycles. The predicted octanol–water partition coefficient (Wildman–Crippen LogP) is -8.92. The van der Waals surface area contributed by atoms with E-state index in [2.05, 4.69) is 10.6 Å². The Hall–Kier alpha value is 0.640. The van der Waals surface area contributed by atoms with Crippen LogP contribution in [0.1, 0.15) is 23.6 Å². The number of anilines is 2. The standard InChI is InChI=1S/C24H24N2O12S4.4Na.4H/c27-39(28,29)21-12-6-4-10-19(21)25-23(26-20-11-5-7-13-22(20)40(30,31)32)15-14-18(17-8-2-1-3-9-17)24(16-23,41(33,34)35)42(36,37)38;;;;;;;;/h1-15,18,25-26H,16H2,(H,27,28,29)(H,30,31,32)(H,33,34,35)(H,36,37,38);;;;;;;;/q;4*+1;4*-1. The minimum Gasteiger partial charge on any atom is -1.00 e. The number of nitrogens with one attached hydrogen (secondary N) is 2. The summed E-state index contributed by atoms with van der Waals surface area (Å²) in [7, 11) is -21.4. The van der Waals surface area contributed by atoms with Gasteiger partial charge in [-0.3, -0.25) is 18.2 Å². The third-order valence-corrected chi connectivity index (χ3v) is 12.3. The fourth-order valence-corrected chi connectivity index (χ4v) is 9.15. The van der Waals surface area contributed by atoms with Crippen molar-refractivity contribution >= 4 is 51.8 Å². The zero-order valence-electron chi connectivity index (χ0n) is 29.1. The molecule has 6 N–H and O–H groups in total. The Balaban J connectivity index is -0.000000844. The van der Waals surface area contributed by atoms with E-state index in [1.807, 2.05) is 0 Å². The van der Waals surface area contributed by atoms with E-state index in [1.165, 1.54) is 48.5 Å². The smallest absolute Gasteiger partial charge is 1.00 e. The molecule has 1 aliphatic carbocycles. The zero-order chi connectivity index (χ0) is 31.2. The van der Waals surface area contributed by atoms with Crippen molar-refractivity contribution in [2.24, 2.45) is 0 Å².